The Morgan fingerprint density at radius 1 is 1.00 bits per heavy atom. The first-order chi connectivity index (χ1) is 10.7. The molecule has 0 aliphatic heterocycles. The summed E-state index contributed by atoms with van der Waals surface area (Å²) in [5, 5.41) is 13.7. The maximum Gasteiger partial charge on any atom is 0.325 e. The Morgan fingerprint density at radius 2 is 1.57 bits per heavy atom. The predicted molar refractivity (Wildman–Crippen MR) is 82.5 cm³/mol. The average molecular weight is 330 g/mol. The number of carboxylic acids is 1. The van der Waals surface area contributed by atoms with Crippen molar-refractivity contribution in [3.05, 3.63) is 0 Å². The number of esters is 1. The lowest BCUT2D eigenvalue weighted by molar-refractivity contribution is -0.142. The summed E-state index contributed by atoms with van der Waals surface area (Å²) in [7, 11) is 1.30. The number of amides is 2. The molecule has 2 atom stereocenters. The number of ether oxygens (including phenoxy) is 1. The van der Waals surface area contributed by atoms with Gasteiger partial charge in [0, 0.05) is 12.8 Å². The molecule has 132 valence electrons. The number of rotatable bonds is 10. The number of methoxy groups -OCH3 is 1. The van der Waals surface area contributed by atoms with Crippen LogP contribution in [0.5, 0.6) is 0 Å². The summed E-state index contributed by atoms with van der Waals surface area (Å²) < 4.78 is 4.50. The summed E-state index contributed by atoms with van der Waals surface area (Å²) in [5.74, 6) is -2.50. The van der Waals surface area contributed by atoms with E-state index in [4.69, 9.17) is 5.11 Å². The van der Waals surface area contributed by atoms with Crippen LogP contribution in [0.1, 0.15) is 46.5 Å². The molecule has 0 aliphatic rings. The van der Waals surface area contributed by atoms with Crippen LogP contribution in [0, 0.1) is 5.92 Å². The number of hydrogen-bond acceptors (Lipinski definition) is 5. The van der Waals surface area contributed by atoms with Gasteiger partial charge in [0.15, 0.2) is 0 Å². The van der Waals surface area contributed by atoms with Crippen LogP contribution in [-0.2, 0) is 23.9 Å². The molecule has 0 aromatic heterocycles. The monoisotopic (exact) mass is 330 g/mol. The van der Waals surface area contributed by atoms with E-state index in [0.717, 1.165) is 0 Å². The molecule has 23 heavy (non-hydrogen) atoms. The summed E-state index contributed by atoms with van der Waals surface area (Å²) in [4.78, 5) is 45.6. The Morgan fingerprint density at radius 3 is 2.04 bits per heavy atom. The molecule has 0 saturated carbocycles. The fourth-order valence-corrected chi connectivity index (χ4v) is 1.80. The molecule has 0 spiro atoms. The van der Waals surface area contributed by atoms with Crippen molar-refractivity contribution in [3.8, 4) is 0 Å². The Kier molecular flexibility index (Phi) is 9.60. The Hall–Kier alpha value is -2.12. The van der Waals surface area contributed by atoms with E-state index in [0.29, 0.717) is 12.8 Å². The largest absolute Gasteiger partial charge is 0.480 e. The van der Waals surface area contributed by atoms with Crippen molar-refractivity contribution in [2.75, 3.05) is 7.11 Å². The SMILES string of the molecule is COC(=O)CCCCC(=O)NC(C(=O)N[C@@H](C)C(=O)O)C(C)C. The molecule has 0 aromatic carbocycles. The standard InChI is InChI=1S/C15H26N2O6/c1-9(2)13(14(20)16-10(3)15(21)22)17-11(18)7-5-6-8-12(19)23-4/h9-10,13H,5-8H2,1-4H3,(H,16,20)(H,17,18)(H,21,22)/t10-,13?/m0/s1. The quantitative estimate of drug-likeness (QED) is 0.395. The minimum absolute atomic E-state index is 0.183. The smallest absolute Gasteiger partial charge is 0.325 e. The van der Waals surface area contributed by atoms with Crippen LogP contribution in [-0.4, -0.2) is 48.1 Å². The van der Waals surface area contributed by atoms with E-state index in [1.807, 2.05) is 0 Å². The first-order valence-corrected chi connectivity index (χ1v) is 7.58. The maximum absolute atomic E-state index is 12.0. The van der Waals surface area contributed by atoms with E-state index in [-0.39, 0.29) is 30.6 Å². The number of carbonyl (C=O) groups excluding carboxylic acids is 3. The van der Waals surface area contributed by atoms with Crippen molar-refractivity contribution in [3.63, 3.8) is 0 Å². The third-order valence-corrected chi connectivity index (χ3v) is 3.26. The van der Waals surface area contributed by atoms with Crippen LogP contribution in [0.3, 0.4) is 0 Å². The normalized spacial score (nSPS) is 13.1. The molecule has 8 heteroatoms. The first kappa shape index (κ1) is 20.9. The predicted octanol–water partition coefficient (Wildman–Crippen LogP) is 0.450. The van der Waals surface area contributed by atoms with Gasteiger partial charge in [-0.05, 0) is 25.7 Å². The molecule has 0 rings (SSSR count). The van der Waals surface area contributed by atoms with E-state index in [9.17, 15) is 19.2 Å². The highest BCUT2D eigenvalue weighted by molar-refractivity contribution is 5.90. The molecule has 0 aliphatic carbocycles. The number of nitrogens with one attached hydrogen (secondary N) is 2. The number of aliphatic carboxylic acids is 1. The third kappa shape index (κ3) is 8.80. The van der Waals surface area contributed by atoms with Gasteiger partial charge in [-0.25, -0.2) is 0 Å². The van der Waals surface area contributed by atoms with Crippen molar-refractivity contribution in [2.24, 2.45) is 5.92 Å². The topological polar surface area (TPSA) is 122 Å². The lowest BCUT2D eigenvalue weighted by Crippen LogP contribution is -2.53. The number of hydrogen-bond donors (Lipinski definition) is 3. The van der Waals surface area contributed by atoms with E-state index in [1.54, 1.807) is 13.8 Å². The van der Waals surface area contributed by atoms with Crippen LogP contribution in [0.25, 0.3) is 0 Å². The highest BCUT2D eigenvalue weighted by Gasteiger charge is 2.26. The van der Waals surface area contributed by atoms with Crippen molar-refractivity contribution in [1.82, 2.24) is 10.6 Å². The lowest BCUT2D eigenvalue weighted by atomic mass is 10.0. The van der Waals surface area contributed by atoms with Gasteiger partial charge in [-0.3, -0.25) is 19.2 Å². The maximum atomic E-state index is 12.0. The second-order valence-electron chi connectivity index (χ2n) is 5.64. The zero-order chi connectivity index (χ0) is 18.0. The van der Waals surface area contributed by atoms with Gasteiger partial charge in [-0.1, -0.05) is 13.8 Å². The summed E-state index contributed by atoms with van der Waals surface area (Å²) in [6.07, 6.45) is 1.45. The van der Waals surface area contributed by atoms with Crippen LogP contribution >= 0.6 is 0 Å². The van der Waals surface area contributed by atoms with Crippen molar-refractivity contribution in [1.29, 1.82) is 0 Å². The molecule has 0 radical (unpaired) electrons. The van der Waals surface area contributed by atoms with Gasteiger partial charge in [-0.15, -0.1) is 0 Å². The molecule has 3 N–H and O–H groups in total. The van der Waals surface area contributed by atoms with Crippen molar-refractivity contribution in [2.45, 2.75) is 58.5 Å². The average Bonchev–Trinajstić information content (AvgIpc) is 2.48. The second kappa shape index (κ2) is 10.6. The molecule has 2 amide bonds. The van der Waals surface area contributed by atoms with E-state index >= 15 is 0 Å². The highest BCUT2D eigenvalue weighted by Crippen LogP contribution is 2.06. The number of carbonyl (C=O) groups is 4. The lowest BCUT2D eigenvalue weighted by Gasteiger charge is -2.23. The van der Waals surface area contributed by atoms with Gasteiger partial charge >= 0.3 is 11.9 Å². The van der Waals surface area contributed by atoms with Gasteiger partial charge in [0.1, 0.15) is 12.1 Å². The fraction of sp³-hybridized carbons (Fsp3) is 0.733. The summed E-state index contributed by atoms with van der Waals surface area (Å²) in [6.45, 7) is 4.87. The number of unbranched alkanes of at least 4 members (excludes halogenated alkanes) is 1. The summed E-state index contributed by atoms with van der Waals surface area (Å²) in [6, 6.07) is -1.83. The van der Waals surface area contributed by atoms with Crippen LogP contribution in [0.15, 0.2) is 0 Å². The first-order valence-electron chi connectivity index (χ1n) is 7.58. The molecule has 1 unspecified atom stereocenters. The van der Waals surface area contributed by atoms with Gasteiger partial charge in [0.2, 0.25) is 11.8 Å². The van der Waals surface area contributed by atoms with E-state index in [1.165, 1.54) is 14.0 Å². The Labute approximate surface area is 136 Å². The van der Waals surface area contributed by atoms with Gasteiger partial charge in [0.05, 0.1) is 7.11 Å². The fourth-order valence-electron chi connectivity index (χ4n) is 1.80. The summed E-state index contributed by atoms with van der Waals surface area (Å²) >= 11 is 0. The van der Waals surface area contributed by atoms with Crippen molar-refractivity contribution >= 4 is 23.8 Å². The summed E-state index contributed by atoms with van der Waals surface area (Å²) in [5.41, 5.74) is 0. The Balaban J connectivity index is 4.35. The van der Waals surface area contributed by atoms with E-state index < -0.39 is 24.0 Å². The molecule has 0 saturated heterocycles. The number of carboxylic acid groups (broad SMARTS) is 1. The minimum Gasteiger partial charge on any atom is -0.480 e. The molecule has 8 nitrogen and oxygen atoms in total. The third-order valence-electron chi connectivity index (χ3n) is 3.26. The molecule has 0 aromatic rings. The highest BCUT2D eigenvalue weighted by atomic mass is 16.5. The minimum atomic E-state index is -1.14. The molecule has 0 fully saturated rings. The van der Waals surface area contributed by atoms with E-state index in [2.05, 4.69) is 15.4 Å². The van der Waals surface area contributed by atoms with Crippen LogP contribution in [0.2, 0.25) is 0 Å². The molecule has 0 bridgehead atoms. The second-order valence-corrected chi connectivity index (χ2v) is 5.64. The Bertz CT molecular complexity index is 436. The van der Waals surface area contributed by atoms with Gasteiger partial charge in [-0.2, -0.15) is 0 Å². The van der Waals surface area contributed by atoms with Crippen LogP contribution < -0.4 is 10.6 Å². The van der Waals surface area contributed by atoms with Gasteiger partial charge in [0.25, 0.3) is 0 Å². The zero-order valence-corrected chi connectivity index (χ0v) is 14.0. The molecular formula is C15H26N2O6. The van der Waals surface area contributed by atoms with Crippen molar-refractivity contribution < 1.29 is 29.0 Å². The molecule has 0 heterocycles. The van der Waals surface area contributed by atoms with Gasteiger partial charge < -0.3 is 20.5 Å². The van der Waals surface area contributed by atoms with Crippen LogP contribution in [0.4, 0.5) is 0 Å². The molecular weight excluding hydrogens is 304 g/mol. The zero-order valence-electron chi connectivity index (χ0n) is 14.0.